The van der Waals surface area contributed by atoms with Crippen molar-refractivity contribution in [3.8, 4) is 0 Å². The number of carbonyl (C=O) groups excluding carboxylic acids is 1. The van der Waals surface area contributed by atoms with Gasteiger partial charge in [-0.25, -0.2) is 13.2 Å². The predicted octanol–water partition coefficient (Wildman–Crippen LogP) is 3.78. The Kier molecular flexibility index (Phi) is 5.39. The van der Waals surface area contributed by atoms with Crippen LogP contribution in [-0.4, -0.2) is 11.9 Å². The first-order chi connectivity index (χ1) is 10.9. The number of benzene rings is 2. The van der Waals surface area contributed by atoms with Crippen LogP contribution in [-0.2, 0) is 4.79 Å². The summed E-state index contributed by atoms with van der Waals surface area (Å²) in [6.45, 7) is 3.49. The Morgan fingerprint density at radius 1 is 0.957 bits per heavy atom. The molecule has 0 fully saturated rings. The number of carbonyl (C=O) groups is 1. The van der Waals surface area contributed by atoms with Crippen LogP contribution in [0, 0.1) is 17.5 Å². The zero-order valence-corrected chi connectivity index (χ0v) is 12.7. The summed E-state index contributed by atoms with van der Waals surface area (Å²) in [5, 5.41) is 5.31. The molecule has 2 atom stereocenters. The van der Waals surface area contributed by atoms with E-state index in [9.17, 15) is 18.0 Å². The van der Waals surface area contributed by atoms with E-state index in [2.05, 4.69) is 10.6 Å². The third kappa shape index (κ3) is 4.10. The Bertz CT molecular complexity index is 692. The molecule has 0 saturated carbocycles. The molecule has 2 aromatic rings. The molecular weight excluding hydrogens is 305 g/mol. The van der Waals surface area contributed by atoms with E-state index in [0.717, 1.165) is 17.7 Å². The lowest BCUT2D eigenvalue weighted by Crippen LogP contribution is -2.39. The van der Waals surface area contributed by atoms with Gasteiger partial charge in [0.05, 0.1) is 11.7 Å². The lowest BCUT2D eigenvalue weighted by Gasteiger charge is -2.20. The maximum atomic E-state index is 13.6. The van der Waals surface area contributed by atoms with E-state index in [1.54, 1.807) is 6.92 Å². The molecule has 0 aliphatic carbocycles. The highest BCUT2D eigenvalue weighted by atomic mass is 19.2. The Balaban J connectivity index is 2.02. The van der Waals surface area contributed by atoms with Crippen molar-refractivity contribution in [2.24, 2.45) is 0 Å². The molecule has 23 heavy (non-hydrogen) atoms. The molecule has 3 nitrogen and oxygen atoms in total. The molecule has 0 saturated heterocycles. The van der Waals surface area contributed by atoms with Gasteiger partial charge in [0.25, 0.3) is 0 Å². The quantitative estimate of drug-likeness (QED) is 0.823. The maximum Gasteiger partial charge on any atom is 0.241 e. The molecular formula is C17H17F3N2O. The third-order valence-electron chi connectivity index (χ3n) is 3.49. The summed E-state index contributed by atoms with van der Waals surface area (Å²) in [6.07, 6.45) is 0. The van der Waals surface area contributed by atoms with E-state index in [-0.39, 0.29) is 6.04 Å². The third-order valence-corrected chi connectivity index (χ3v) is 3.49. The van der Waals surface area contributed by atoms with Crippen molar-refractivity contribution in [3.05, 3.63) is 65.5 Å². The van der Waals surface area contributed by atoms with E-state index in [1.807, 2.05) is 37.3 Å². The fourth-order valence-corrected chi connectivity index (χ4v) is 2.15. The van der Waals surface area contributed by atoms with E-state index < -0.39 is 35.1 Å². The second kappa shape index (κ2) is 7.28. The fraction of sp³-hybridized carbons (Fsp3) is 0.235. The van der Waals surface area contributed by atoms with Crippen LogP contribution in [0.25, 0.3) is 0 Å². The summed E-state index contributed by atoms with van der Waals surface area (Å²) >= 11 is 0. The van der Waals surface area contributed by atoms with E-state index in [4.69, 9.17) is 0 Å². The topological polar surface area (TPSA) is 41.1 Å². The van der Waals surface area contributed by atoms with Gasteiger partial charge in [0.15, 0.2) is 17.5 Å². The Morgan fingerprint density at radius 3 is 2.26 bits per heavy atom. The van der Waals surface area contributed by atoms with Gasteiger partial charge >= 0.3 is 0 Å². The lowest BCUT2D eigenvalue weighted by atomic mass is 10.1. The summed E-state index contributed by atoms with van der Waals surface area (Å²) < 4.78 is 39.6. The first-order valence-electron chi connectivity index (χ1n) is 7.15. The first-order valence-corrected chi connectivity index (χ1v) is 7.15. The second-order valence-electron chi connectivity index (χ2n) is 5.23. The summed E-state index contributed by atoms with van der Waals surface area (Å²) in [5.74, 6) is -4.87. The first kappa shape index (κ1) is 17.0. The molecule has 2 aromatic carbocycles. The standard InChI is InChI=1S/C17H17F3N2O/c1-10(12-6-4-3-5-7-12)21-11(2)17(23)22-14-9-8-13(18)15(19)16(14)20/h3-11,21H,1-2H3,(H,22,23)/t10-,11-/m1/s1. The van der Waals surface area contributed by atoms with Crippen LogP contribution in [0.15, 0.2) is 42.5 Å². The number of nitrogens with one attached hydrogen (secondary N) is 2. The molecule has 2 rings (SSSR count). The molecule has 2 N–H and O–H groups in total. The second-order valence-corrected chi connectivity index (χ2v) is 5.23. The molecule has 0 aliphatic heterocycles. The van der Waals surface area contributed by atoms with Crippen molar-refractivity contribution in [1.82, 2.24) is 5.32 Å². The van der Waals surface area contributed by atoms with Crippen molar-refractivity contribution < 1.29 is 18.0 Å². The maximum absolute atomic E-state index is 13.6. The minimum atomic E-state index is -1.61. The number of rotatable bonds is 5. The van der Waals surface area contributed by atoms with Gasteiger partial charge in [-0.2, -0.15) is 0 Å². The average molecular weight is 322 g/mol. The molecule has 122 valence electrons. The molecule has 1 amide bonds. The summed E-state index contributed by atoms with van der Waals surface area (Å²) in [4.78, 5) is 12.1. The summed E-state index contributed by atoms with van der Waals surface area (Å²) in [5.41, 5.74) is 0.598. The number of anilines is 1. The number of halogens is 3. The predicted molar refractivity (Wildman–Crippen MR) is 82.4 cm³/mol. The lowest BCUT2D eigenvalue weighted by molar-refractivity contribution is -0.118. The highest BCUT2D eigenvalue weighted by Gasteiger charge is 2.20. The monoisotopic (exact) mass is 322 g/mol. The SMILES string of the molecule is C[C@@H](N[C@H](C)c1ccccc1)C(=O)Nc1ccc(F)c(F)c1F. The number of hydrogen-bond acceptors (Lipinski definition) is 2. The van der Waals surface area contributed by atoms with E-state index in [0.29, 0.717) is 0 Å². The van der Waals surface area contributed by atoms with Crippen molar-refractivity contribution >= 4 is 11.6 Å². The normalized spacial score (nSPS) is 13.4. The molecule has 0 heterocycles. The minimum Gasteiger partial charge on any atom is -0.322 e. The van der Waals surface area contributed by atoms with Crippen LogP contribution in [0.3, 0.4) is 0 Å². The van der Waals surface area contributed by atoms with Gasteiger partial charge in [-0.15, -0.1) is 0 Å². The van der Waals surface area contributed by atoms with Crippen LogP contribution in [0.2, 0.25) is 0 Å². The van der Waals surface area contributed by atoms with Gasteiger partial charge in [-0.3, -0.25) is 10.1 Å². The van der Waals surface area contributed by atoms with Gasteiger partial charge in [0, 0.05) is 6.04 Å². The fourth-order valence-electron chi connectivity index (χ4n) is 2.15. The van der Waals surface area contributed by atoms with Crippen molar-refractivity contribution in [2.75, 3.05) is 5.32 Å². The smallest absolute Gasteiger partial charge is 0.241 e. The van der Waals surface area contributed by atoms with Crippen LogP contribution in [0.1, 0.15) is 25.5 Å². The van der Waals surface area contributed by atoms with Crippen LogP contribution in [0.4, 0.5) is 18.9 Å². The van der Waals surface area contributed by atoms with Crippen molar-refractivity contribution in [3.63, 3.8) is 0 Å². The Hall–Kier alpha value is -2.34. The van der Waals surface area contributed by atoms with Gasteiger partial charge < -0.3 is 5.32 Å². The van der Waals surface area contributed by atoms with Gasteiger partial charge in [0.2, 0.25) is 5.91 Å². The Morgan fingerprint density at radius 2 is 1.61 bits per heavy atom. The molecule has 0 aromatic heterocycles. The van der Waals surface area contributed by atoms with Crippen LogP contribution >= 0.6 is 0 Å². The highest BCUT2D eigenvalue weighted by Crippen LogP contribution is 2.20. The molecule has 0 bridgehead atoms. The van der Waals surface area contributed by atoms with Crippen molar-refractivity contribution in [1.29, 1.82) is 0 Å². The molecule has 0 spiro atoms. The minimum absolute atomic E-state index is 0.105. The number of amides is 1. The van der Waals surface area contributed by atoms with Crippen LogP contribution < -0.4 is 10.6 Å². The molecule has 0 aliphatic rings. The van der Waals surface area contributed by atoms with Gasteiger partial charge in [-0.05, 0) is 31.5 Å². The zero-order chi connectivity index (χ0) is 17.0. The van der Waals surface area contributed by atoms with Gasteiger partial charge in [0.1, 0.15) is 0 Å². The van der Waals surface area contributed by atoms with E-state index >= 15 is 0 Å². The number of hydrogen-bond donors (Lipinski definition) is 2. The van der Waals surface area contributed by atoms with E-state index in [1.165, 1.54) is 0 Å². The Labute approximate surface area is 132 Å². The summed E-state index contributed by atoms with van der Waals surface area (Å²) in [7, 11) is 0. The molecule has 6 heteroatoms. The van der Waals surface area contributed by atoms with Crippen molar-refractivity contribution in [2.45, 2.75) is 25.9 Å². The zero-order valence-electron chi connectivity index (χ0n) is 12.7. The van der Waals surface area contributed by atoms with Gasteiger partial charge in [-0.1, -0.05) is 30.3 Å². The largest absolute Gasteiger partial charge is 0.322 e. The summed E-state index contributed by atoms with van der Waals surface area (Å²) in [6, 6.07) is 10.5. The van der Waals surface area contributed by atoms with Crippen LogP contribution in [0.5, 0.6) is 0 Å². The average Bonchev–Trinajstić information content (AvgIpc) is 2.56. The molecule has 0 unspecified atom stereocenters. The molecule has 0 radical (unpaired) electrons. The highest BCUT2D eigenvalue weighted by molar-refractivity contribution is 5.94.